The van der Waals surface area contributed by atoms with Crippen molar-refractivity contribution in [2.24, 2.45) is 5.92 Å². The summed E-state index contributed by atoms with van der Waals surface area (Å²) in [6.45, 7) is 0.925. The van der Waals surface area contributed by atoms with Crippen LogP contribution in [0, 0.1) is 5.92 Å². The number of hydrogen-bond acceptors (Lipinski definition) is 6. The molecule has 1 aliphatic carbocycles. The first-order valence-electron chi connectivity index (χ1n) is 12.0. The van der Waals surface area contributed by atoms with Crippen LogP contribution in [0.1, 0.15) is 68.1 Å². The van der Waals surface area contributed by atoms with Gasteiger partial charge in [-0.1, -0.05) is 25.7 Å². The number of carbonyl (C=O) groups excluding carboxylic acids is 2. The first-order valence-corrected chi connectivity index (χ1v) is 13.4. The number of likely N-dealkylation sites (tertiary alicyclic amines) is 1. The molecule has 1 aromatic rings. The molecule has 33 heavy (non-hydrogen) atoms. The van der Waals surface area contributed by atoms with Crippen molar-refractivity contribution in [1.82, 2.24) is 9.21 Å². The average Bonchev–Trinajstić information content (AvgIpc) is 3.00. The first-order chi connectivity index (χ1) is 15.9. The minimum absolute atomic E-state index is 0.00626. The molecular weight excluding hydrogens is 444 g/mol. The maximum Gasteiger partial charge on any atom is 0.328 e. The zero-order valence-corrected chi connectivity index (χ0v) is 20.3. The second kappa shape index (κ2) is 10.0. The lowest BCUT2D eigenvalue weighted by molar-refractivity contribution is -0.145. The van der Waals surface area contributed by atoms with Gasteiger partial charge >= 0.3 is 5.97 Å². The third-order valence-corrected chi connectivity index (χ3v) is 9.31. The summed E-state index contributed by atoms with van der Waals surface area (Å²) in [5, 5.41) is 0. The molecule has 0 N–H and O–H groups in total. The molecule has 2 heterocycles. The van der Waals surface area contributed by atoms with Crippen molar-refractivity contribution in [2.45, 2.75) is 74.8 Å². The van der Waals surface area contributed by atoms with Crippen LogP contribution < -0.4 is 4.74 Å². The maximum atomic E-state index is 13.7. The second-order valence-electron chi connectivity index (χ2n) is 9.28. The Morgan fingerprint density at radius 3 is 2.33 bits per heavy atom. The van der Waals surface area contributed by atoms with E-state index in [0.717, 1.165) is 51.4 Å². The summed E-state index contributed by atoms with van der Waals surface area (Å²) < 4.78 is 38.9. The predicted octanol–water partition coefficient (Wildman–Crippen LogP) is 3.21. The van der Waals surface area contributed by atoms with E-state index in [9.17, 15) is 18.0 Å². The van der Waals surface area contributed by atoms with Gasteiger partial charge < -0.3 is 14.4 Å². The van der Waals surface area contributed by atoms with Crippen molar-refractivity contribution in [3.8, 4) is 5.75 Å². The molecule has 0 radical (unpaired) electrons. The molecule has 0 bridgehead atoms. The van der Waals surface area contributed by atoms with Gasteiger partial charge in [0.05, 0.1) is 14.2 Å². The number of carbonyl (C=O) groups is 2. The molecule has 9 heteroatoms. The Morgan fingerprint density at radius 2 is 1.67 bits per heavy atom. The van der Waals surface area contributed by atoms with E-state index >= 15 is 0 Å². The van der Waals surface area contributed by atoms with Crippen molar-refractivity contribution in [1.29, 1.82) is 0 Å². The second-order valence-corrected chi connectivity index (χ2v) is 11.2. The van der Waals surface area contributed by atoms with Crippen LogP contribution in [-0.2, 0) is 19.6 Å². The van der Waals surface area contributed by atoms with E-state index in [1.165, 1.54) is 24.6 Å². The van der Waals surface area contributed by atoms with E-state index in [1.54, 1.807) is 17.0 Å². The standard InChI is InChI=1S/C24H34N2O6S/c1-31-21-12-11-18(16-22(21)33(29,30)25-13-7-3-4-8-14-25)23(27)26-19-10-6-5-9-17(19)15-20(26)24(28)32-2/h11-12,16-17,19-20H,3-10,13-15H2,1-2H3/t17-,19+,20-/m0/s1. The van der Waals surface area contributed by atoms with Gasteiger partial charge in [0.15, 0.2) is 0 Å². The minimum Gasteiger partial charge on any atom is -0.495 e. The number of benzene rings is 1. The number of hydrogen-bond donors (Lipinski definition) is 0. The quantitative estimate of drug-likeness (QED) is 0.604. The molecule has 8 nitrogen and oxygen atoms in total. The largest absolute Gasteiger partial charge is 0.495 e. The van der Waals surface area contributed by atoms with Crippen molar-refractivity contribution >= 4 is 21.9 Å². The fraction of sp³-hybridized carbons (Fsp3) is 0.667. The topological polar surface area (TPSA) is 93.2 Å². The van der Waals surface area contributed by atoms with E-state index in [4.69, 9.17) is 9.47 Å². The molecule has 0 aromatic heterocycles. The van der Waals surface area contributed by atoms with Gasteiger partial charge in [-0.05, 0) is 56.2 Å². The van der Waals surface area contributed by atoms with Crippen LogP contribution in [0.25, 0.3) is 0 Å². The zero-order chi connectivity index (χ0) is 23.6. The van der Waals surface area contributed by atoms with E-state index < -0.39 is 22.0 Å². The summed E-state index contributed by atoms with van der Waals surface area (Å²) in [6.07, 6.45) is 8.18. The number of nitrogens with zero attached hydrogens (tertiary/aromatic N) is 2. The number of sulfonamides is 1. The number of rotatable bonds is 5. The summed E-state index contributed by atoms with van der Waals surface area (Å²) in [4.78, 5) is 27.9. The number of ether oxygens (including phenoxy) is 2. The molecule has 1 saturated carbocycles. The highest BCUT2D eigenvalue weighted by atomic mass is 32.2. The Labute approximate surface area is 196 Å². The normalized spacial score (nSPS) is 26.4. The molecule has 4 rings (SSSR count). The lowest BCUT2D eigenvalue weighted by Gasteiger charge is -2.33. The van der Waals surface area contributed by atoms with Crippen LogP contribution in [0.4, 0.5) is 0 Å². The van der Waals surface area contributed by atoms with Gasteiger partial charge in [-0.2, -0.15) is 4.31 Å². The molecule has 1 amide bonds. The molecule has 1 aromatic carbocycles. The molecule has 0 unspecified atom stereocenters. The van der Waals surface area contributed by atoms with E-state index in [2.05, 4.69) is 0 Å². The highest BCUT2D eigenvalue weighted by Crippen LogP contribution is 2.41. The van der Waals surface area contributed by atoms with E-state index in [0.29, 0.717) is 19.5 Å². The lowest BCUT2D eigenvalue weighted by Crippen LogP contribution is -2.46. The van der Waals surface area contributed by atoms with Gasteiger partial charge in [-0.15, -0.1) is 0 Å². The lowest BCUT2D eigenvalue weighted by atomic mass is 9.84. The van der Waals surface area contributed by atoms with Crippen LogP contribution in [0.15, 0.2) is 23.1 Å². The molecule has 0 spiro atoms. The number of fused-ring (bicyclic) bond motifs is 1. The Balaban J connectivity index is 1.70. The first kappa shape index (κ1) is 24.0. The predicted molar refractivity (Wildman–Crippen MR) is 123 cm³/mol. The molecule has 182 valence electrons. The van der Waals surface area contributed by atoms with Crippen LogP contribution in [0.2, 0.25) is 0 Å². The summed E-state index contributed by atoms with van der Waals surface area (Å²) in [5.41, 5.74) is 0.254. The maximum absolute atomic E-state index is 13.7. The van der Waals surface area contributed by atoms with Gasteiger partial charge in [0, 0.05) is 24.7 Å². The Hall–Kier alpha value is -2.13. The SMILES string of the molecule is COC(=O)[C@@H]1C[C@@H]2CCCC[C@H]2N1C(=O)c1ccc(OC)c(S(=O)(=O)N2CCCCCC2)c1. The van der Waals surface area contributed by atoms with Gasteiger partial charge in [-0.25, -0.2) is 13.2 Å². The van der Waals surface area contributed by atoms with Crippen LogP contribution in [0.5, 0.6) is 5.75 Å². The molecule has 3 atom stereocenters. The Kier molecular flexibility index (Phi) is 7.28. The average molecular weight is 479 g/mol. The molecule has 2 aliphatic heterocycles. The monoisotopic (exact) mass is 478 g/mol. The smallest absolute Gasteiger partial charge is 0.328 e. The van der Waals surface area contributed by atoms with Crippen LogP contribution in [0.3, 0.4) is 0 Å². The fourth-order valence-electron chi connectivity index (χ4n) is 5.68. The van der Waals surface area contributed by atoms with E-state index in [-0.39, 0.29) is 34.1 Å². The van der Waals surface area contributed by atoms with Gasteiger partial charge in [0.1, 0.15) is 16.7 Å². The molecule has 2 saturated heterocycles. The summed E-state index contributed by atoms with van der Waals surface area (Å²) >= 11 is 0. The third kappa shape index (κ3) is 4.62. The van der Waals surface area contributed by atoms with Gasteiger partial charge in [0.25, 0.3) is 5.91 Å². The van der Waals surface area contributed by atoms with Crippen LogP contribution >= 0.6 is 0 Å². The highest BCUT2D eigenvalue weighted by Gasteiger charge is 2.48. The number of methoxy groups -OCH3 is 2. The minimum atomic E-state index is -3.82. The van der Waals surface area contributed by atoms with Crippen molar-refractivity contribution in [3.63, 3.8) is 0 Å². The Bertz CT molecular complexity index is 987. The van der Waals surface area contributed by atoms with Gasteiger partial charge in [-0.3, -0.25) is 4.79 Å². The van der Waals surface area contributed by atoms with Crippen molar-refractivity contribution < 1.29 is 27.5 Å². The number of amides is 1. The summed E-state index contributed by atoms with van der Waals surface area (Å²) in [6, 6.07) is 3.89. The fourth-order valence-corrected chi connectivity index (χ4v) is 7.38. The summed E-state index contributed by atoms with van der Waals surface area (Å²) in [5.74, 6) is -0.249. The third-order valence-electron chi connectivity index (χ3n) is 7.39. The van der Waals surface area contributed by atoms with Crippen molar-refractivity contribution in [3.05, 3.63) is 23.8 Å². The van der Waals surface area contributed by atoms with E-state index in [1.807, 2.05) is 0 Å². The molecule has 3 aliphatic rings. The molecular formula is C24H34N2O6S. The Morgan fingerprint density at radius 1 is 0.970 bits per heavy atom. The van der Waals surface area contributed by atoms with Crippen LogP contribution in [-0.4, -0.2) is 68.9 Å². The van der Waals surface area contributed by atoms with Crippen molar-refractivity contribution in [2.75, 3.05) is 27.3 Å². The number of esters is 1. The highest BCUT2D eigenvalue weighted by molar-refractivity contribution is 7.89. The van der Waals surface area contributed by atoms with Gasteiger partial charge in [0.2, 0.25) is 10.0 Å². The zero-order valence-electron chi connectivity index (χ0n) is 19.5. The summed E-state index contributed by atoms with van der Waals surface area (Å²) in [7, 11) is -1.05. The molecule has 3 fully saturated rings.